The third kappa shape index (κ3) is 2.56. The molecule has 0 bridgehead atoms. The number of hydrogen-bond donors (Lipinski definition) is 2. The SMILES string of the molecule is CN(CC1(N(C)C)CCC1)c1nc(C(=O)O)ccc1N. The minimum atomic E-state index is -1.04. The van der Waals surface area contributed by atoms with Gasteiger partial charge in [0.1, 0.15) is 0 Å². The van der Waals surface area contributed by atoms with Gasteiger partial charge in [-0.25, -0.2) is 9.78 Å². The molecule has 0 amide bonds. The normalized spacial score (nSPS) is 16.8. The number of carboxylic acids is 1. The van der Waals surface area contributed by atoms with Gasteiger partial charge in [-0.05, 0) is 45.5 Å². The van der Waals surface area contributed by atoms with Gasteiger partial charge in [-0.3, -0.25) is 0 Å². The average Bonchev–Trinajstić information content (AvgIpc) is 2.33. The summed E-state index contributed by atoms with van der Waals surface area (Å²) in [5.74, 6) is -0.497. The van der Waals surface area contributed by atoms with E-state index in [2.05, 4.69) is 24.0 Å². The molecule has 0 aromatic carbocycles. The molecule has 2 rings (SSSR count). The van der Waals surface area contributed by atoms with E-state index in [0.717, 1.165) is 19.4 Å². The summed E-state index contributed by atoms with van der Waals surface area (Å²) in [5.41, 5.74) is 6.60. The summed E-state index contributed by atoms with van der Waals surface area (Å²) in [6.45, 7) is 0.792. The Labute approximate surface area is 119 Å². The number of nitrogens with zero attached hydrogens (tertiary/aromatic N) is 3. The van der Waals surface area contributed by atoms with Gasteiger partial charge in [0.15, 0.2) is 11.5 Å². The Hall–Kier alpha value is -1.82. The molecule has 1 aliphatic rings. The van der Waals surface area contributed by atoms with E-state index in [1.807, 2.05) is 11.9 Å². The highest BCUT2D eigenvalue weighted by molar-refractivity contribution is 5.86. The zero-order chi connectivity index (χ0) is 14.9. The molecule has 6 nitrogen and oxygen atoms in total. The van der Waals surface area contributed by atoms with Gasteiger partial charge in [-0.2, -0.15) is 0 Å². The molecule has 3 N–H and O–H groups in total. The molecule has 110 valence electrons. The molecule has 1 fully saturated rings. The molecule has 0 spiro atoms. The zero-order valence-corrected chi connectivity index (χ0v) is 12.3. The molecule has 0 atom stereocenters. The van der Waals surface area contributed by atoms with Crippen molar-refractivity contribution in [1.29, 1.82) is 0 Å². The lowest BCUT2D eigenvalue weighted by atomic mass is 9.75. The molecule has 20 heavy (non-hydrogen) atoms. The van der Waals surface area contributed by atoms with Crippen LogP contribution >= 0.6 is 0 Å². The molecule has 0 radical (unpaired) electrons. The zero-order valence-electron chi connectivity index (χ0n) is 12.3. The van der Waals surface area contributed by atoms with Crippen molar-refractivity contribution in [3.05, 3.63) is 17.8 Å². The van der Waals surface area contributed by atoms with E-state index in [1.165, 1.54) is 12.5 Å². The first-order chi connectivity index (χ1) is 9.35. The summed E-state index contributed by atoms with van der Waals surface area (Å²) >= 11 is 0. The molecule has 1 aliphatic carbocycles. The van der Waals surface area contributed by atoms with Crippen LogP contribution < -0.4 is 10.6 Å². The van der Waals surface area contributed by atoms with Crippen molar-refractivity contribution in [2.75, 3.05) is 38.3 Å². The summed E-state index contributed by atoms with van der Waals surface area (Å²) in [7, 11) is 6.07. The number of carboxylic acid groups (broad SMARTS) is 1. The number of likely N-dealkylation sites (N-methyl/N-ethyl adjacent to an activating group) is 2. The molecule has 0 aliphatic heterocycles. The van der Waals surface area contributed by atoms with Crippen LogP contribution in [0, 0.1) is 0 Å². The number of nitrogen functional groups attached to an aromatic ring is 1. The van der Waals surface area contributed by atoms with Crippen molar-refractivity contribution in [3.8, 4) is 0 Å². The number of rotatable bonds is 5. The number of anilines is 2. The van der Waals surface area contributed by atoms with Crippen LogP contribution in [0.3, 0.4) is 0 Å². The largest absolute Gasteiger partial charge is 0.477 e. The van der Waals surface area contributed by atoms with E-state index in [4.69, 9.17) is 10.8 Å². The summed E-state index contributed by atoms with van der Waals surface area (Å²) < 4.78 is 0. The highest BCUT2D eigenvalue weighted by Crippen LogP contribution is 2.37. The summed E-state index contributed by atoms with van der Waals surface area (Å²) in [6, 6.07) is 3.03. The first-order valence-corrected chi connectivity index (χ1v) is 6.74. The Morgan fingerprint density at radius 3 is 2.50 bits per heavy atom. The lowest BCUT2D eigenvalue weighted by molar-refractivity contribution is 0.0679. The minimum Gasteiger partial charge on any atom is -0.477 e. The van der Waals surface area contributed by atoms with E-state index in [9.17, 15) is 4.79 Å². The summed E-state index contributed by atoms with van der Waals surface area (Å²) in [5, 5.41) is 9.03. The van der Waals surface area contributed by atoms with Crippen molar-refractivity contribution >= 4 is 17.5 Å². The van der Waals surface area contributed by atoms with E-state index >= 15 is 0 Å². The Bertz CT molecular complexity index is 512. The van der Waals surface area contributed by atoms with Crippen LogP contribution in [-0.4, -0.2) is 54.2 Å². The van der Waals surface area contributed by atoms with Crippen molar-refractivity contribution in [2.45, 2.75) is 24.8 Å². The van der Waals surface area contributed by atoms with Gasteiger partial charge in [0, 0.05) is 19.1 Å². The highest BCUT2D eigenvalue weighted by Gasteiger charge is 2.40. The molecule has 1 aromatic rings. The second-order valence-electron chi connectivity index (χ2n) is 5.74. The molecule has 1 saturated carbocycles. The van der Waals surface area contributed by atoms with Gasteiger partial charge in [0.05, 0.1) is 5.69 Å². The lowest BCUT2D eigenvalue weighted by Crippen LogP contribution is -2.57. The Balaban J connectivity index is 2.22. The van der Waals surface area contributed by atoms with Crippen LogP contribution in [0.15, 0.2) is 12.1 Å². The highest BCUT2D eigenvalue weighted by atomic mass is 16.4. The number of aromatic carboxylic acids is 1. The maximum Gasteiger partial charge on any atom is 0.354 e. The predicted molar refractivity (Wildman–Crippen MR) is 79.1 cm³/mol. The predicted octanol–water partition coefficient (Wildman–Crippen LogP) is 1.28. The van der Waals surface area contributed by atoms with Crippen LogP contribution in [0.25, 0.3) is 0 Å². The number of hydrogen-bond acceptors (Lipinski definition) is 5. The molecule has 6 heteroatoms. The van der Waals surface area contributed by atoms with Crippen LogP contribution in [0.1, 0.15) is 29.8 Å². The fraction of sp³-hybridized carbons (Fsp3) is 0.571. The third-order valence-corrected chi connectivity index (χ3v) is 4.25. The fourth-order valence-electron chi connectivity index (χ4n) is 2.73. The molecule has 0 unspecified atom stereocenters. The summed E-state index contributed by atoms with van der Waals surface area (Å²) in [6.07, 6.45) is 3.51. The van der Waals surface area contributed by atoms with Crippen LogP contribution in [0.5, 0.6) is 0 Å². The number of carbonyl (C=O) groups is 1. The van der Waals surface area contributed by atoms with Gasteiger partial charge in [-0.1, -0.05) is 0 Å². The first-order valence-electron chi connectivity index (χ1n) is 6.74. The van der Waals surface area contributed by atoms with Crippen LogP contribution in [0.2, 0.25) is 0 Å². The average molecular weight is 278 g/mol. The van der Waals surface area contributed by atoms with E-state index in [0.29, 0.717) is 11.5 Å². The van der Waals surface area contributed by atoms with Gasteiger partial charge < -0.3 is 20.6 Å². The van der Waals surface area contributed by atoms with Gasteiger partial charge >= 0.3 is 5.97 Å². The Morgan fingerprint density at radius 2 is 2.05 bits per heavy atom. The minimum absolute atomic E-state index is 0.0218. The molecule has 1 heterocycles. The number of aromatic nitrogens is 1. The third-order valence-electron chi connectivity index (χ3n) is 4.25. The quantitative estimate of drug-likeness (QED) is 0.844. The van der Waals surface area contributed by atoms with E-state index < -0.39 is 5.97 Å². The monoisotopic (exact) mass is 278 g/mol. The van der Waals surface area contributed by atoms with E-state index in [1.54, 1.807) is 6.07 Å². The van der Waals surface area contributed by atoms with Gasteiger partial charge in [-0.15, -0.1) is 0 Å². The van der Waals surface area contributed by atoms with Crippen LogP contribution in [0.4, 0.5) is 11.5 Å². The smallest absolute Gasteiger partial charge is 0.354 e. The van der Waals surface area contributed by atoms with Crippen molar-refractivity contribution in [1.82, 2.24) is 9.88 Å². The van der Waals surface area contributed by atoms with E-state index in [-0.39, 0.29) is 11.2 Å². The van der Waals surface area contributed by atoms with Gasteiger partial charge in [0.2, 0.25) is 0 Å². The molecular weight excluding hydrogens is 256 g/mol. The van der Waals surface area contributed by atoms with Crippen molar-refractivity contribution in [2.24, 2.45) is 0 Å². The fourth-order valence-corrected chi connectivity index (χ4v) is 2.73. The number of nitrogens with two attached hydrogens (primary N) is 1. The topological polar surface area (TPSA) is 82.7 Å². The maximum atomic E-state index is 11.0. The van der Waals surface area contributed by atoms with Gasteiger partial charge in [0.25, 0.3) is 0 Å². The molecule has 1 aromatic heterocycles. The maximum absolute atomic E-state index is 11.0. The Kier molecular flexibility index (Phi) is 3.85. The Morgan fingerprint density at radius 1 is 1.40 bits per heavy atom. The molecule has 0 saturated heterocycles. The standard InChI is InChI=1S/C14H22N4O2/c1-17(2)14(7-4-8-14)9-18(3)12-10(15)5-6-11(16-12)13(19)20/h5-6H,4,7-9,15H2,1-3H3,(H,19,20). The van der Waals surface area contributed by atoms with Crippen LogP contribution in [-0.2, 0) is 0 Å². The number of pyridine rings is 1. The van der Waals surface area contributed by atoms with Crippen molar-refractivity contribution < 1.29 is 9.90 Å². The lowest BCUT2D eigenvalue weighted by Gasteiger charge is -2.49. The van der Waals surface area contributed by atoms with Crippen molar-refractivity contribution in [3.63, 3.8) is 0 Å². The first kappa shape index (κ1) is 14.6. The summed E-state index contributed by atoms with van der Waals surface area (Å²) in [4.78, 5) is 19.4. The second kappa shape index (κ2) is 5.28. The second-order valence-corrected chi connectivity index (χ2v) is 5.74. The molecular formula is C14H22N4O2.